The Kier molecular flexibility index (Phi) is 5.89. The van der Waals surface area contributed by atoms with Crippen molar-refractivity contribution in [1.29, 1.82) is 0 Å². The lowest BCUT2D eigenvalue weighted by molar-refractivity contribution is 0.309. The maximum absolute atomic E-state index is 5.90. The highest BCUT2D eigenvalue weighted by atomic mass is 35.5. The summed E-state index contributed by atoms with van der Waals surface area (Å²) >= 11 is 7.46. The zero-order valence-electron chi connectivity index (χ0n) is 11.9. The number of halogens is 1. The fourth-order valence-corrected chi connectivity index (χ4v) is 3.13. The van der Waals surface area contributed by atoms with E-state index < -0.39 is 0 Å². The third-order valence-corrected chi connectivity index (χ3v) is 4.36. The zero-order chi connectivity index (χ0) is 14.4. The second kappa shape index (κ2) is 7.67. The quantitative estimate of drug-likeness (QED) is 0.773. The SMILES string of the molecule is CCNC(CC)c1ccc(OCc2ccc(Cl)s2)cc1. The highest BCUT2D eigenvalue weighted by Gasteiger charge is 2.07. The van der Waals surface area contributed by atoms with Crippen LogP contribution in [0.1, 0.15) is 36.8 Å². The number of benzene rings is 1. The maximum Gasteiger partial charge on any atom is 0.122 e. The van der Waals surface area contributed by atoms with Crippen LogP contribution in [0.5, 0.6) is 5.75 Å². The number of thiophene rings is 1. The molecule has 0 fully saturated rings. The Balaban J connectivity index is 1.94. The molecule has 0 amide bonds. The number of ether oxygens (including phenoxy) is 1. The molecule has 0 aliphatic rings. The molecule has 1 N–H and O–H groups in total. The van der Waals surface area contributed by atoms with Crippen molar-refractivity contribution in [3.8, 4) is 5.75 Å². The molecule has 108 valence electrons. The standard InChI is InChI=1S/C16H20ClNOS/c1-3-15(18-4-2)12-5-7-13(8-6-12)19-11-14-9-10-16(17)20-14/h5-10,15,18H,3-4,11H2,1-2H3. The smallest absolute Gasteiger partial charge is 0.122 e. The monoisotopic (exact) mass is 309 g/mol. The summed E-state index contributed by atoms with van der Waals surface area (Å²) in [6.45, 7) is 5.88. The van der Waals surface area contributed by atoms with Crippen molar-refractivity contribution in [3.05, 3.63) is 51.2 Å². The van der Waals surface area contributed by atoms with Gasteiger partial charge in [-0.1, -0.05) is 37.6 Å². The summed E-state index contributed by atoms with van der Waals surface area (Å²) in [5.41, 5.74) is 1.31. The molecular weight excluding hydrogens is 290 g/mol. The maximum atomic E-state index is 5.90. The van der Waals surface area contributed by atoms with E-state index in [1.54, 1.807) is 11.3 Å². The fourth-order valence-electron chi connectivity index (χ4n) is 2.12. The first kappa shape index (κ1) is 15.4. The minimum atomic E-state index is 0.421. The molecule has 0 radical (unpaired) electrons. The summed E-state index contributed by atoms with van der Waals surface area (Å²) in [7, 11) is 0. The number of hydrogen-bond acceptors (Lipinski definition) is 3. The van der Waals surface area contributed by atoms with Crippen molar-refractivity contribution < 1.29 is 4.74 Å². The predicted octanol–water partition coefficient (Wildman–Crippen LogP) is 5.04. The lowest BCUT2D eigenvalue weighted by atomic mass is 10.0. The van der Waals surface area contributed by atoms with Crippen molar-refractivity contribution in [2.45, 2.75) is 32.9 Å². The average Bonchev–Trinajstić information content (AvgIpc) is 2.89. The van der Waals surface area contributed by atoms with Crippen LogP contribution in [0.4, 0.5) is 0 Å². The van der Waals surface area contributed by atoms with Crippen LogP contribution in [0.3, 0.4) is 0 Å². The molecule has 1 atom stereocenters. The minimum Gasteiger partial charge on any atom is -0.488 e. The van der Waals surface area contributed by atoms with Gasteiger partial charge in [0.25, 0.3) is 0 Å². The molecule has 0 saturated heterocycles. The molecule has 20 heavy (non-hydrogen) atoms. The van der Waals surface area contributed by atoms with Gasteiger partial charge in [0, 0.05) is 10.9 Å². The van der Waals surface area contributed by atoms with Crippen LogP contribution in [0.15, 0.2) is 36.4 Å². The molecule has 4 heteroatoms. The zero-order valence-corrected chi connectivity index (χ0v) is 13.4. The van der Waals surface area contributed by atoms with E-state index >= 15 is 0 Å². The molecule has 0 saturated carbocycles. The number of nitrogens with one attached hydrogen (secondary N) is 1. The van der Waals surface area contributed by atoms with E-state index in [9.17, 15) is 0 Å². The van der Waals surface area contributed by atoms with E-state index in [1.165, 1.54) is 5.56 Å². The Labute approximate surface area is 129 Å². The Morgan fingerprint density at radius 3 is 2.45 bits per heavy atom. The molecule has 0 spiro atoms. The van der Waals surface area contributed by atoms with Gasteiger partial charge in [-0.2, -0.15) is 0 Å². The van der Waals surface area contributed by atoms with Gasteiger partial charge in [0.05, 0.1) is 4.34 Å². The summed E-state index contributed by atoms with van der Waals surface area (Å²) in [5, 5.41) is 3.47. The first-order chi connectivity index (χ1) is 9.72. The lowest BCUT2D eigenvalue weighted by Gasteiger charge is -2.16. The Hall–Kier alpha value is -1.03. The van der Waals surface area contributed by atoms with Gasteiger partial charge in [-0.3, -0.25) is 0 Å². The molecule has 1 unspecified atom stereocenters. The van der Waals surface area contributed by atoms with E-state index in [1.807, 2.05) is 24.3 Å². The predicted molar refractivity (Wildman–Crippen MR) is 86.8 cm³/mol. The van der Waals surface area contributed by atoms with Crippen LogP contribution in [-0.4, -0.2) is 6.54 Å². The van der Waals surface area contributed by atoms with E-state index in [4.69, 9.17) is 16.3 Å². The topological polar surface area (TPSA) is 21.3 Å². The van der Waals surface area contributed by atoms with Crippen molar-refractivity contribution in [3.63, 3.8) is 0 Å². The van der Waals surface area contributed by atoms with Gasteiger partial charge in [0.15, 0.2) is 0 Å². The van der Waals surface area contributed by atoms with Crippen molar-refractivity contribution in [1.82, 2.24) is 5.32 Å². The van der Waals surface area contributed by atoms with Gasteiger partial charge >= 0.3 is 0 Å². The van der Waals surface area contributed by atoms with E-state index in [0.717, 1.165) is 27.9 Å². The second-order valence-corrected chi connectivity index (χ2v) is 6.38. The summed E-state index contributed by atoms with van der Waals surface area (Å²) < 4.78 is 6.57. The molecule has 2 rings (SSSR count). The summed E-state index contributed by atoms with van der Waals surface area (Å²) in [6, 6.07) is 12.6. The van der Waals surface area contributed by atoms with Crippen LogP contribution >= 0.6 is 22.9 Å². The van der Waals surface area contributed by atoms with Crippen molar-refractivity contribution in [2.24, 2.45) is 0 Å². The van der Waals surface area contributed by atoms with Crippen LogP contribution in [0, 0.1) is 0 Å². The molecule has 0 bridgehead atoms. The summed E-state index contributed by atoms with van der Waals surface area (Å²) in [4.78, 5) is 1.14. The molecular formula is C16H20ClNOS. The normalized spacial score (nSPS) is 12.3. The van der Waals surface area contributed by atoms with Gasteiger partial charge in [0.1, 0.15) is 12.4 Å². The van der Waals surface area contributed by atoms with Crippen molar-refractivity contribution in [2.75, 3.05) is 6.54 Å². The molecule has 0 aliphatic carbocycles. The first-order valence-electron chi connectivity index (χ1n) is 6.93. The molecule has 1 aromatic carbocycles. The van der Waals surface area contributed by atoms with Crippen molar-refractivity contribution >= 4 is 22.9 Å². The number of rotatable bonds is 7. The minimum absolute atomic E-state index is 0.421. The van der Waals surface area contributed by atoms with Crippen LogP contribution in [-0.2, 0) is 6.61 Å². The summed E-state index contributed by atoms with van der Waals surface area (Å²) in [5.74, 6) is 0.893. The van der Waals surface area contributed by atoms with E-state index in [0.29, 0.717) is 12.6 Å². The van der Waals surface area contributed by atoms with Gasteiger partial charge in [-0.05, 0) is 42.8 Å². The van der Waals surface area contributed by atoms with Gasteiger partial charge < -0.3 is 10.1 Å². The third-order valence-electron chi connectivity index (χ3n) is 3.15. The van der Waals surface area contributed by atoms with Crippen LogP contribution in [0.2, 0.25) is 4.34 Å². The van der Waals surface area contributed by atoms with Gasteiger partial charge in [-0.15, -0.1) is 11.3 Å². The van der Waals surface area contributed by atoms with E-state index in [2.05, 4.69) is 31.3 Å². The highest BCUT2D eigenvalue weighted by molar-refractivity contribution is 7.16. The average molecular weight is 310 g/mol. The molecule has 1 heterocycles. The first-order valence-corrected chi connectivity index (χ1v) is 8.12. The highest BCUT2D eigenvalue weighted by Crippen LogP contribution is 2.24. The van der Waals surface area contributed by atoms with Crippen LogP contribution < -0.4 is 10.1 Å². The molecule has 2 nitrogen and oxygen atoms in total. The third kappa shape index (κ3) is 4.23. The Bertz CT molecular complexity index is 524. The summed E-state index contributed by atoms with van der Waals surface area (Å²) in [6.07, 6.45) is 1.09. The number of hydrogen-bond donors (Lipinski definition) is 1. The largest absolute Gasteiger partial charge is 0.488 e. The van der Waals surface area contributed by atoms with Gasteiger partial charge in [-0.25, -0.2) is 0 Å². The van der Waals surface area contributed by atoms with Gasteiger partial charge in [0.2, 0.25) is 0 Å². The molecule has 2 aromatic rings. The molecule has 0 aliphatic heterocycles. The van der Waals surface area contributed by atoms with E-state index in [-0.39, 0.29) is 0 Å². The Morgan fingerprint density at radius 1 is 1.15 bits per heavy atom. The Morgan fingerprint density at radius 2 is 1.90 bits per heavy atom. The fraction of sp³-hybridized carbons (Fsp3) is 0.375. The second-order valence-electron chi connectivity index (χ2n) is 4.58. The lowest BCUT2D eigenvalue weighted by Crippen LogP contribution is -2.19. The molecule has 1 aromatic heterocycles. The van der Waals surface area contributed by atoms with Crippen LogP contribution in [0.25, 0.3) is 0 Å².